The highest BCUT2D eigenvalue weighted by atomic mass is 79.9. The van der Waals surface area contributed by atoms with Gasteiger partial charge in [0.25, 0.3) is 0 Å². The van der Waals surface area contributed by atoms with Crippen molar-refractivity contribution in [2.45, 2.75) is 38.9 Å². The van der Waals surface area contributed by atoms with Crippen molar-refractivity contribution in [2.24, 2.45) is 0 Å². The minimum Gasteiger partial charge on any atom is -0.349 e. The average Bonchev–Trinajstić information content (AvgIpc) is 3.37. The molecule has 0 saturated heterocycles. The first kappa shape index (κ1) is 31.5. The van der Waals surface area contributed by atoms with Crippen LogP contribution < -0.4 is 10.6 Å². The first-order valence-corrected chi connectivity index (χ1v) is 15.0. The fraction of sp³-hybridized carbons (Fsp3) is 0.226. The number of para-hydroxylation sites is 1. The summed E-state index contributed by atoms with van der Waals surface area (Å²) in [6.45, 7) is 5.22. The quantitative estimate of drug-likeness (QED) is 0.172. The second-order valence-corrected chi connectivity index (χ2v) is 12.4. The highest BCUT2D eigenvalue weighted by Crippen LogP contribution is 2.28. The van der Waals surface area contributed by atoms with Crippen LogP contribution in [0.2, 0.25) is 10.0 Å². The first-order chi connectivity index (χ1) is 20.0. The van der Waals surface area contributed by atoms with Crippen LogP contribution in [0.3, 0.4) is 0 Å². The van der Waals surface area contributed by atoms with Crippen LogP contribution in [0.5, 0.6) is 0 Å². The molecule has 4 aromatic rings. The molecule has 42 heavy (non-hydrogen) atoms. The van der Waals surface area contributed by atoms with Gasteiger partial charge in [0, 0.05) is 36.0 Å². The standard InChI is InChI=1S/C31H29BrCl2N6OS/c1-31(2,38-28(41)14-24-16-36-20-40(24)17-22-12-10-21(15-35)11-13-22)19-39(18-23-6-5-8-26(33)29(23)34)30(42)37-27-9-4-3-7-25(27)32/h3-13,16,20H,14,17-19H2,1-2H3,(H,37,42)(H,38,41). The Bertz CT molecular complexity index is 1620. The monoisotopic (exact) mass is 682 g/mol. The van der Waals surface area contributed by atoms with E-state index in [1.807, 2.05) is 71.8 Å². The Hall–Kier alpha value is -3.42. The zero-order chi connectivity index (χ0) is 30.3. The molecule has 0 saturated carbocycles. The predicted octanol–water partition coefficient (Wildman–Crippen LogP) is 7.21. The third-order valence-corrected chi connectivity index (χ3v) is 8.35. The number of benzene rings is 3. The molecule has 0 atom stereocenters. The number of anilines is 1. The number of hydrogen-bond donors (Lipinski definition) is 2. The number of carbonyl (C=O) groups excluding carboxylic acids is 1. The van der Waals surface area contributed by atoms with E-state index in [9.17, 15) is 4.79 Å². The minimum absolute atomic E-state index is 0.146. The Morgan fingerprint density at radius 3 is 2.57 bits per heavy atom. The number of aromatic nitrogens is 2. The van der Waals surface area contributed by atoms with E-state index in [1.54, 1.807) is 30.7 Å². The molecule has 0 aliphatic rings. The molecule has 0 spiro atoms. The van der Waals surface area contributed by atoms with Crippen molar-refractivity contribution < 1.29 is 4.79 Å². The van der Waals surface area contributed by atoms with Gasteiger partial charge < -0.3 is 20.1 Å². The lowest BCUT2D eigenvalue weighted by Crippen LogP contribution is -2.53. The summed E-state index contributed by atoms with van der Waals surface area (Å²) >= 11 is 22.2. The molecule has 7 nitrogen and oxygen atoms in total. The lowest BCUT2D eigenvalue weighted by Gasteiger charge is -2.35. The summed E-state index contributed by atoms with van der Waals surface area (Å²) in [5, 5.41) is 16.9. The third-order valence-electron chi connectivity index (χ3n) is 6.44. The van der Waals surface area contributed by atoms with E-state index in [4.69, 9.17) is 40.7 Å². The van der Waals surface area contributed by atoms with Crippen molar-refractivity contribution in [3.63, 3.8) is 0 Å². The highest BCUT2D eigenvalue weighted by Gasteiger charge is 2.27. The minimum atomic E-state index is -0.667. The molecule has 1 heterocycles. The van der Waals surface area contributed by atoms with Crippen LogP contribution >= 0.6 is 51.3 Å². The Labute approximate surface area is 269 Å². The molecule has 1 aromatic heterocycles. The van der Waals surface area contributed by atoms with E-state index in [0.29, 0.717) is 40.4 Å². The van der Waals surface area contributed by atoms with E-state index >= 15 is 0 Å². The molecule has 3 aromatic carbocycles. The summed E-state index contributed by atoms with van der Waals surface area (Å²) in [5.41, 5.74) is 3.36. The molecular weight excluding hydrogens is 655 g/mol. The van der Waals surface area contributed by atoms with E-state index in [-0.39, 0.29) is 12.3 Å². The smallest absolute Gasteiger partial charge is 0.226 e. The number of nitriles is 1. The highest BCUT2D eigenvalue weighted by molar-refractivity contribution is 9.10. The number of nitrogens with one attached hydrogen (secondary N) is 2. The van der Waals surface area contributed by atoms with Crippen LogP contribution in [0, 0.1) is 11.3 Å². The molecule has 0 bridgehead atoms. The summed E-state index contributed by atoms with van der Waals surface area (Å²) in [6, 6.07) is 22.7. The van der Waals surface area contributed by atoms with Gasteiger partial charge in [0.05, 0.1) is 45.7 Å². The van der Waals surface area contributed by atoms with Gasteiger partial charge in [0.2, 0.25) is 5.91 Å². The number of amides is 1. The fourth-order valence-corrected chi connectivity index (χ4v) is 5.46. The van der Waals surface area contributed by atoms with Gasteiger partial charge in [-0.15, -0.1) is 0 Å². The first-order valence-electron chi connectivity index (χ1n) is 13.1. The topological polar surface area (TPSA) is 86.0 Å². The van der Waals surface area contributed by atoms with Crippen molar-refractivity contribution in [3.05, 3.63) is 116 Å². The Kier molecular flexibility index (Phi) is 10.6. The molecule has 0 aliphatic heterocycles. The molecule has 216 valence electrons. The number of hydrogen-bond acceptors (Lipinski definition) is 4. The molecule has 0 unspecified atom stereocenters. The van der Waals surface area contributed by atoms with Crippen molar-refractivity contribution >= 4 is 68.1 Å². The number of halogens is 3. The molecule has 4 rings (SSSR count). The summed E-state index contributed by atoms with van der Waals surface area (Å²) in [5.74, 6) is -0.146. The molecule has 1 amide bonds. The van der Waals surface area contributed by atoms with Gasteiger partial charge >= 0.3 is 0 Å². The lowest BCUT2D eigenvalue weighted by atomic mass is 10.0. The van der Waals surface area contributed by atoms with Gasteiger partial charge in [-0.2, -0.15) is 5.26 Å². The summed E-state index contributed by atoms with van der Waals surface area (Å²) in [4.78, 5) is 19.5. The number of thiocarbonyl (C=S) groups is 1. The Morgan fingerprint density at radius 1 is 1.12 bits per heavy atom. The van der Waals surface area contributed by atoms with Crippen molar-refractivity contribution in [1.29, 1.82) is 5.26 Å². The van der Waals surface area contributed by atoms with E-state index in [0.717, 1.165) is 27.0 Å². The normalized spacial score (nSPS) is 11.0. The second kappa shape index (κ2) is 14.2. The SMILES string of the molecule is CC(C)(CN(Cc1cccc(Cl)c1Cl)C(=S)Nc1ccccc1Br)NC(=O)Cc1cncn1Cc1ccc(C#N)cc1. The van der Waals surface area contributed by atoms with Crippen LogP contribution in [0.1, 0.15) is 36.2 Å². The van der Waals surface area contributed by atoms with Gasteiger partial charge in [-0.1, -0.05) is 59.6 Å². The van der Waals surface area contributed by atoms with Crippen LogP contribution in [0.15, 0.2) is 83.7 Å². The zero-order valence-corrected chi connectivity index (χ0v) is 27.0. The fourth-order valence-electron chi connectivity index (χ4n) is 4.45. The summed E-state index contributed by atoms with van der Waals surface area (Å²) in [6.07, 6.45) is 3.55. The average molecular weight is 684 g/mol. The number of carbonyl (C=O) groups is 1. The lowest BCUT2D eigenvalue weighted by molar-refractivity contribution is -0.122. The van der Waals surface area contributed by atoms with E-state index < -0.39 is 5.54 Å². The van der Waals surface area contributed by atoms with Crippen molar-refractivity contribution in [2.75, 3.05) is 11.9 Å². The Morgan fingerprint density at radius 2 is 1.86 bits per heavy atom. The van der Waals surface area contributed by atoms with Crippen LogP contribution in [-0.4, -0.2) is 37.6 Å². The predicted molar refractivity (Wildman–Crippen MR) is 176 cm³/mol. The molecular formula is C31H29BrCl2N6OS. The van der Waals surface area contributed by atoms with Crippen LogP contribution in [0.4, 0.5) is 5.69 Å². The number of imidazole rings is 1. The number of nitrogens with zero attached hydrogens (tertiary/aromatic N) is 4. The largest absolute Gasteiger partial charge is 0.349 e. The molecule has 0 aliphatic carbocycles. The van der Waals surface area contributed by atoms with Crippen LogP contribution in [-0.2, 0) is 24.3 Å². The van der Waals surface area contributed by atoms with E-state index in [2.05, 4.69) is 37.6 Å². The van der Waals surface area contributed by atoms with Gasteiger partial charge in [-0.25, -0.2) is 4.98 Å². The molecule has 11 heteroatoms. The molecule has 0 radical (unpaired) electrons. The summed E-state index contributed by atoms with van der Waals surface area (Å²) in [7, 11) is 0. The second-order valence-electron chi connectivity index (χ2n) is 10.4. The van der Waals surface area contributed by atoms with Gasteiger partial charge in [-0.3, -0.25) is 4.79 Å². The van der Waals surface area contributed by atoms with Crippen molar-refractivity contribution in [1.82, 2.24) is 19.8 Å². The van der Waals surface area contributed by atoms with Crippen LogP contribution in [0.25, 0.3) is 0 Å². The number of rotatable bonds is 10. The Balaban J connectivity index is 1.47. The van der Waals surface area contributed by atoms with Gasteiger partial charge in [-0.05, 0) is 83.5 Å². The molecule has 2 N–H and O–H groups in total. The maximum atomic E-state index is 13.3. The summed E-state index contributed by atoms with van der Waals surface area (Å²) < 4.78 is 2.80. The van der Waals surface area contributed by atoms with Gasteiger partial charge in [0.15, 0.2) is 5.11 Å². The zero-order valence-electron chi connectivity index (χ0n) is 23.1. The van der Waals surface area contributed by atoms with Gasteiger partial charge in [0.1, 0.15) is 0 Å². The van der Waals surface area contributed by atoms with Crippen molar-refractivity contribution in [3.8, 4) is 6.07 Å². The van der Waals surface area contributed by atoms with E-state index in [1.165, 1.54) is 0 Å². The third kappa shape index (κ3) is 8.55. The maximum Gasteiger partial charge on any atom is 0.226 e. The molecule has 0 fully saturated rings. The maximum absolute atomic E-state index is 13.3.